The van der Waals surface area contributed by atoms with E-state index in [1.165, 1.54) is 10.8 Å². The Morgan fingerprint density at radius 3 is 2.17 bits per heavy atom. The number of imidazole rings is 1. The van der Waals surface area contributed by atoms with E-state index in [4.69, 9.17) is 9.31 Å². The first kappa shape index (κ1) is 20.2. The summed E-state index contributed by atoms with van der Waals surface area (Å²) in [5.41, 5.74) is 2.60. The van der Waals surface area contributed by atoms with E-state index in [-0.39, 0.29) is 18.3 Å². The quantitative estimate of drug-likeness (QED) is 0.616. The van der Waals surface area contributed by atoms with Gasteiger partial charge in [0.25, 0.3) is 0 Å². The van der Waals surface area contributed by atoms with Crippen molar-refractivity contribution >= 4 is 23.4 Å². The van der Waals surface area contributed by atoms with Gasteiger partial charge in [0.15, 0.2) is 0 Å². The molecule has 29 heavy (non-hydrogen) atoms. The molecule has 4 rings (SSSR count). The largest absolute Gasteiger partial charge is 0.494 e. The monoisotopic (exact) mass is 390 g/mol. The van der Waals surface area contributed by atoms with Crippen molar-refractivity contribution in [3.05, 3.63) is 48.4 Å². The van der Waals surface area contributed by atoms with Gasteiger partial charge in [-0.1, -0.05) is 51.1 Å². The number of benzene rings is 2. The summed E-state index contributed by atoms with van der Waals surface area (Å²) in [6.45, 7) is 15.0. The van der Waals surface area contributed by atoms with Crippen molar-refractivity contribution < 1.29 is 9.31 Å². The third-order valence-electron chi connectivity index (χ3n) is 6.73. The number of nitrogens with one attached hydrogen (secondary N) is 1. The van der Waals surface area contributed by atoms with Gasteiger partial charge in [0.1, 0.15) is 5.82 Å². The Morgan fingerprint density at radius 2 is 1.52 bits per heavy atom. The van der Waals surface area contributed by atoms with Gasteiger partial charge in [-0.2, -0.15) is 0 Å². The van der Waals surface area contributed by atoms with Crippen LogP contribution in [-0.4, -0.2) is 28.3 Å². The van der Waals surface area contributed by atoms with E-state index in [1.807, 2.05) is 6.20 Å². The molecule has 3 aromatic rings. The zero-order chi connectivity index (χ0) is 21.0. The van der Waals surface area contributed by atoms with Crippen LogP contribution in [0.2, 0.25) is 0 Å². The molecule has 0 aliphatic carbocycles. The molecule has 0 spiro atoms. The van der Waals surface area contributed by atoms with Crippen LogP contribution in [0.15, 0.2) is 42.6 Å². The number of aromatic amines is 1. The summed E-state index contributed by atoms with van der Waals surface area (Å²) >= 11 is 0. The van der Waals surface area contributed by atoms with Crippen LogP contribution < -0.4 is 5.46 Å². The lowest BCUT2D eigenvalue weighted by molar-refractivity contribution is 0.00578. The topological polar surface area (TPSA) is 47.1 Å². The lowest BCUT2D eigenvalue weighted by Gasteiger charge is -2.32. The Bertz CT molecular complexity index is 1020. The van der Waals surface area contributed by atoms with Crippen LogP contribution in [0.5, 0.6) is 0 Å². The Morgan fingerprint density at radius 1 is 0.897 bits per heavy atom. The molecule has 1 atom stereocenters. The first-order chi connectivity index (χ1) is 13.6. The van der Waals surface area contributed by atoms with Gasteiger partial charge in [-0.15, -0.1) is 0 Å². The van der Waals surface area contributed by atoms with Gasteiger partial charge in [-0.25, -0.2) is 4.98 Å². The van der Waals surface area contributed by atoms with E-state index < -0.39 is 0 Å². The van der Waals surface area contributed by atoms with Crippen LogP contribution in [0.3, 0.4) is 0 Å². The highest BCUT2D eigenvalue weighted by molar-refractivity contribution is 6.62. The number of hydrogen-bond acceptors (Lipinski definition) is 3. The molecule has 0 unspecified atom stereocenters. The minimum atomic E-state index is -0.336. The summed E-state index contributed by atoms with van der Waals surface area (Å²) in [5, 5.41) is 2.37. The molecule has 0 amide bonds. The zero-order valence-electron chi connectivity index (χ0n) is 18.5. The van der Waals surface area contributed by atoms with Gasteiger partial charge in [0, 0.05) is 11.5 Å². The molecule has 2 heterocycles. The summed E-state index contributed by atoms with van der Waals surface area (Å²) in [6.07, 6.45) is 1.94. The van der Waals surface area contributed by atoms with Crippen LogP contribution >= 0.6 is 0 Å². The van der Waals surface area contributed by atoms with Crippen LogP contribution in [0.4, 0.5) is 0 Å². The summed E-state index contributed by atoms with van der Waals surface area (Å²) in [6, 6.07) is 12.9. The van der Waals surface area contributed by atoms with Crippen molar-refractivity contribution in [1.82, 2.24) is 9.97 Å². The standard InChI is InChI=1S/C24H31BN2O2/c1-15(2)16(3)22-26-14-21(27-22)19-9-8-18-13-20(11-10-17(18)12-19)25-28-23(4,5)24(6,7)29-25/h8-16H,1-7H3,(H,26,27)/t16-/m0/s1. The van der Waals surface area contributed by atoms with Crippen molar-refractivity contribution in [2.75, 3.05) is 0 Å². The predicted octanol–water partition coefficient (Wildman–Crippen LogP) is 5.29. The molecule has 0 saturated carbocycles. The SMILES string of the molecule is CC(C)[C@H](C)c1ncc(-c2ccc3cc(B4OC(C)(C)C(C)(C)O4)ccc3c2)[nH]1. The Hall–Kier alpha value is -2.11. The first-order valence-electron chi connectivity index (χ1n) is 10.5. The smallest absolute Gasteiger partial charge is 0.399 e. The molecule has 1 aliphatic heterocycles. The van der Waals surface area contributed by atoms with E-state index in [1.54, 1.807) is 0 Å². The second-order valence-corrected chi connectivity index (χ2v) is 9.62. The molecule has 1 saturated heterocycles. The average molecular weight is 390 g/mol. The number of hydrogen-bond donors (Lipinski definition) is 1. The molecule has 1 N–H and O–H groups in total. The molecule has 1 aromatic heterocycles. The predicted molar refractivity (Wildman–Crippen MR) is 120 cm³/mol. The van der Waals surface area contributed by atoms with E-state index in [0.29, 0.717) is 11.8 Å². The number of fused-ring (bicyclic) bond motifs is 1. The minimum absolute atomic E-state index is 0.331. The van der Waals surface area contributed by atoms with Gasteiger partial charge >= 0.3 is 7.12 Å². The fraction of sp³-hybridized carbons (Fsp3) is 0.458. The molecule has 152 valence electrons. The fourth-order valence-corrected chi connectivity index (χ4v) is 3.59. The van der Waals surface area contributed by atoms with E-state index in [0.717, 1.165) is 22.5 Å². The second-order valence-electron chi connectivity index (χ2n) is 9.62. The lowest BCUT2D eigenvalue weighted by atomic mass is 9.78. The van der Waals surface area contributed by atoms with E-state index in [9.17, 15) is 0 Å². The van der Waals surface area contributed by atoms with Crippen molar-refractivity contribution in [3.8, 4) is 11.3 Å². The second kappa shape index (κ2) is 7.00. The molecule has 4 nitrogen and oxygen atoms in total. The minimum Gasteiger partial charge on any atom is -0.399 e. The van der Waals surface area contributed by atoms with Crippen molar-refractivity contribution in [1.29, 1.82) is 0 Å². The molecule has 2 aromatic carbocycles. The average Bonchev–Trinajstić information content (AvgIpc) is 3.23. The fourth-order valence-electron chi connectivity index (χ4n) is 3.59. The number of nitrogens with zero attached hydrogens (tertiary/aromatic N) is 1. The lowest BCUT2D eigenvalue weighted by Crippen LogP contribution is -2.41. The van der Waals surface area contributed by atoms with Gasteiger partial charge in [0.05, 0.1) is 23.1 Å². The van der Waals surface area contributed by atoms with Crippen LogP contribution in [0, 0.1) is 5.92 Å². The summed E-state index contributed by atoms with van der Waals surface area (Å²) in [7, 11) is -0.336. The number of rotatable bonds is 4. The van der Waals surface area contributed by atoms with E-state index >= 15 is 0 Å². The zero-order valence-corrected chi connectivity index (χ0v) is 18.5. The van der Waals surface area contributed by atoms with Crippen molar-refractivity contribution in [2.24, 2.45) is 5.92 Å². The van der Waals surface area contributed by atoms with Crippen LogP contribution in [-0.2, 0) is 9.31 Å². The molecule has 1 aliphatic rings. The molecule has 0 radical (unpaired) electrons. The molecule has 5 heteroatoms. The number of aromatic nitrogens is 2. The first-order valence-corrected chi connectivity index (χ1v) is 10.5. The molecular weight excluding hydrogens is 359 g/mol. The van der Waals surface area contributed by atoms with Gasteiger partial charge in [-0.3, -0.25) is 0 Å². The normalized spacial score (nSPS) is 19.2. The maximum Gasteiger partial charge on any atom is 0.494 e. The summed E-state index contributed by atoms with van der Waals surface area (Å²) in [4.78, 5) is 8.10. The third-order valence-corrected chi connectivity index (χ3v) is 6.73. The summed E-state index contributed by atoms with van der Waals surface area (Å²) in [5.74, 6) is 2.01. The summed E-state index contributed by atoms with van der Waals surface area (Å²) < 4.78 is 12.4. The van der Waals surface area contributed by atoms with Crippen LogP contribution in [0.25, 0.3) is 22.0 Å². The van der Waals surface area contributed by atoms with Crippen LogP contribution in [0.1, 0.15) is 60.2 Å². The maximum absolute atomic E-state index is 6.20. The highest BCUT2D eigenvalue weighted by atomic mass is 16.7. The molecule has 0 bridgehead atoms. The van der Waals surface area contributed by atoms with Gasteiger partial charge in [0.2, 0.25) is 0 Å². The van der Waals surface area contributed by atoms with Gasteiger partial charge in [-0.05, 0) is 55.9 Å². The highest BCUT2D eigenvalue weighted by Gasteiger charge is 2.51. The Balaban J connectivity index is 1.62. The highest BCUT2D eigenvalue weighted by Crippen LogP contribution is 2.36. The Labute approximate surface area is 174 Å². The Kier molecular flexibility index (Phi) is 4.87. The van der Waals surface area contributed by atoms with Crippen molar-refractivity contribution in [2.45, 2.75) is 65.6 Å². The number of H-pyrrole nitrogens is 1. The molecular formula is C24H31BN2O2. The third kappa shape index (κ3) is 3.62. The van der Waals surface area contributed by atoms with Gasteiger partial charge < -0.3 is 14.3 Å². The van der Waals surface area contributed by atoms with E-state index in [2.05, 4.69) is 94.8 Å². The van der Waals surface area contributed by atoms with Crippen molar-refractivity contribution in [3.63, 3.8) is 0 Å². The molecule has 1 fully saturated rings. The maximum atomic E-state index is 6.20.